The average molecular weight is 431 g/mol. The predicted octanol–water partition coefficient (Wildman–Crippen LogP) is 2.44. The van der Waals surface area contributed by atoms with Crippen LogP contribution in [0, 0.1) is 0 Å². The van der Waals surface area contributed by atoms with Gasteiger partial charge in [0.2, 0.25) is 0 Å². The quantitative estimate of drug-likeness (QED) is 0.454. The molecule has 6 heteroatoms. The molecule has 0 bridgehead atoms. The van der Waals surface area contributed by atoms with Crippen LogP contribution in [0.15, 0.2) is 29.3 Å². The molecule has 2 aliphatic heterocycles. The normalized spacial score (nSPS) is 19.9. The highest BCUT2D eigenvalue weighted by atomic mass is 127. The number of para-hydroxylation sites is 1. The summed E-state index contributed by atoms with van der Waals surface area (Å²) in [6.45, 7) is 3.27. The Labute approximate surface area is 155 Å². The number of ether oxygens (including phenoxy) is 2. The number of nitrogens with zero attached hydrogens (tertiary/aromatic N) is 2. The van der Waals surface area contributed by atoms with Crippen LogP contribution in [0.3, 0.4) is 0 Å². The summed E-state index contributed by atoms with van der Waals surface area (Å²) in [4.78, 5) is 6.73. The van der Waals surface area contributed by atoms with E-state index >= 15 is 0 Å². The maximum Gasteiger partial charge on any atom is 0.198 e. The van der Waals surface area contributed by atoms with E-state index in [2.05, 4.69) is 39.5 Å². The van der Waals surface area contributed by atoms with Gasteiger partial charge in [0.1, 0.15) is 0 Å². The van der Waals surface area contributed by atoms with Gasteiger partial charge in [0.05, 0.1) is 5.60 Å². The summed E-state index contributed by atoms with van der Waals surface area (Å²) < 4.78 is 11.2. The lowest BCUT2D eigenvalue weighted by molar-refractivity contribution is -0.0855. The molecule has 2 aliphatic rings. The number of rotatable bonds is 3. The Balaban J connectivity index is 0.00000192. The van der Waals surface area contributed by atoms with Gasteiger partial charge >= 0.3 is 0 Å². The Morgan fingerprint density at radius 1 is 1.35 bits per heavy atom. The van der Waals surface area contributed by atoms with Crippen LogP contribution < -0.4 is 10.2 Å². The smallest absolute Gasteiger partial charge is 0.198 e. The molecule has 0 unspecified atom stereocenters. The SMILES string of the molecule is CN=C(NCC1(OC)CCOCC1)N1CCc2ccccc21.I. The summed E-state index contributed by atoms with van der Waals surface area (Å²) >= 11 is 0. The molecule has 0 atom stereocenters. The standard InChI is InChI=1S/C17H25N3O2.HI/c1-18-16(19-13-17(21-2)8-11-22-12-9-17)20-10-7-14-5-3-4-6-15(14)20;/h3-6H,7-13H2,1-2H3,(H,18,19);1H. The van der Waals surface area contributed by atoms with Crippen molar-refractivity contribution < 1.29 is 9.47 Å². The van der Waals surface area contributed by atoms with Crippen LogP contribution in [0.1, 0.15) is 18.4 Å². The van der Waals surface area contributed by atoms with E-state index in [9.17, 15) is 0 Å². The molecule has 0 aromatic heterocycles. The second-order valence-electron chi connectivity index (χ2n) is 5.93. The van der Waals surface area contributed by atoms with E-state index in [1.807, 2.05) is 7.05 Å². The largest absolute Gasteiger partial charge is 0.381 e. The summed E-state index contributed by atoms with van der Waals surface area (Å²) in [7, 11) is 3.63. The summed E-state index contributed by atoms with van der Waals surface area (Å²) in [6.07, 6.45) is 2.91. The lowest BCUT2D eigenvalue weighted by Crippen LogP contribution is -2.51. The molecule has 0 aliphatic carbocycles. The number of aliphatic imine (C=N–C) groups is 1. The van der Waals surface area contributed by atoms with E-state index in [1.165, 1.54) is 11.3 Å². The number of halogens is 1. The van der Waals surface area contributed by atoms with Crippen LogP contribution in [0.25, 0.3) is 0 Å². The van der Waals surface area contributed by atoms with Gasteiger partial charge in [-0.3, -0.25) is 4.99 Å². The summed E-state index contributed by atoms with van der Waals surface area (Å²) in [5.74, 6) is 0.924. The monoisotopic (exact) mass is 431 g/mol. The number of guanidine groups is 1. The first-order valence-electron chi connectivity index (χ1n) is 7.97. The zero-order chi connectivity index (χ0) is 15.4. The van der Waals surface area contributed by atoms with Gasteiger partial charge in [0, 0.05) is 59.0 Å². The maximum absolute atomic E-state index is 5.79. The minimum Gasteiger partial charge on any atom is -0.381 e. The molecule has 1 N–H and O–H groups in total. The van der Waals surface area contributed by atoms with E-state index in [-0.39, 0.29) is 29.6 Å². The second kappa shape index (κ2) is 8.30. The third-order valence-corrected chi connectivity index (χ3v) is 4.76. The van der Waals surface area contributed by atoms with E-state index in [0.717, 1.165) is 51.5 Å². The first-order valence-corrected chi connectivity index (χ1v) is 7.97. The van der Waals surface area contributed by atoms with Crippen molar-refractivity contribution >= 4 is 35.6 Å². The lowest BCUT2D eigenvalue weighted by Gasteiger charge is -2.37. The number of hydrogen-bond acceptors (Lipinski definition) is 3. The number of benzene rings is 1. The molecule has 3 rings (SSSR count). The molecule has 1 aromatic carbocycles. The van der Waals surface area contributed by atoms with Gasteiger partial charge in [0.15, 0.2) is 5.96 Å². The molecule has 23 heavy (non-hydrogen) atoms. The van der Waals surface area contributed by atoms with Crippen molar-refractivity contribution in [3.8, 4) is 0 Å². The van der Waals surface area contributed by atoms with E-state index in [0.29, 0.717) is 0 Å². The van der Waals surface area contributed by atoms with Gasteiger partial charge in [-0.25, -0.2) is 0 Å². The third-order valence-electron chi connectivity index (χ3n) is 4.76. The van der Waals surface area contributed by atoms with Crippen LogP contribution in [0.5, 0.6) is 0 Å². The number of methoxy groups -OCH3 is 1. The van der Waals surface area contributed by atoms with Gasteiger partial charge in [-0.2, -0.15) is 0 Å². The number of nitrogens with one attached hydrogen (secondary N) is 1. The first-order chi connectivity index (χ1) is 10.8. The fourth-order valence-electron chi connectivity index (χ4n) is 3.29. The summed E-state index contributed by atoms with van der Waals surface area (Å²) in [5, 5.41) is 3.51. The predicted molar refractivity (Wildman–Crippen MR) is 104 cm³/mol. The Bertz CT molecular complexity index is 544. The molecule has 1 fully saturated rings. The minimum absolute atomic E-state index is 0. The van der Waals surface area contributed by atoms with Gasteiger partial charge in [-0.15, -0.1) is 24.0 Å². The van der Waals surface area contributed by atoms with Gasteiger partial charge < -0.3 is 19.7 Å². The molecule has 0 amide bonds. The van der Waals surface area contributed by atoms with E-state index < -0.39 is 0 Å². The van der Waals surface area contributed by atoms with Crippen molar-refractivity contribution in [2.45, 2.75) is 24.9 Å². The van der Waals surface area contributed by atoms with Crippen molar-refractivity contribution in [3.05, 3.63) is 29.8 Å². The van der Waals surface area contributed by atoms with Crippen LogP contribution >= 0.6 is 24.0 Å². The highest BCUT2D eigenvalue weighted by Gasteiger charge is 2.33. The van der Waals surface area contributed by atoms with Crippen LogP contribution in [-0.4, -0.2) is 52.0 Å². The zero-order valence-corrected chi connectivity index (χ0v) is 16.2. The molecule has 1 aromatic rings. The summed E-state index contributed by atoms with van der Waals surface area (Å²) in [5.41, 5.74) is 2.50. The molecule has 1 saturated heterocycles. The number of fused-ring (bicyclic) bond motifs is 1. The Hall–Kier alpha value is -0.860. The van der Waals surface area contributed by atoms with Crippen molar-refractivity contribution in [2.75, 3.05) is 45.4 Å². The van der Waals surface area contributed by atoms with Crippen molar-refractivity contribution in [1.82, 2.24) is 5.32 Å². The third kappa shape index (κ3) is 3.97. The van der Waals surface area contributed by atoms with Gasteiger partial charge in [-0.05, 0) is 18.1 Å². The Morgan fingerprint density at radius 3 is 2.78 bits per heavy atom. The van der Waals surface area contributed by atoms with Gasteiger partial charge in [-0.1, -0.05) is 18.2 Å². The fraction of sp³-hybridized carbons (Fsp3) is 0.588. The molecule has 0 spiro atoms. The topological polar surface area (TPSA) is 46.1 Å². The number of anilines is 1. The molecular formula is C17H26IN3O2. The van der Waals surface area contributed by atoms with Crippen molar-refractivity contribution in [2.24, 2.45) is 4.99 Å². The summed E-state index contributed by atoms with van der Waals surface area (Å²) in [6, 6.07) is 8.54. The van der Waals surface area contributed by atoms with E-state index in [1.54, 1.807) is 7.11 Å². The van der Waals surface area contributed by atoms with Crippen molar-refractivity contribution in [1.29, 1.82) is 0 Å². The molecule has 0 saturated carbocycles. The fourth-order valence-corrected chi connectivity index (χ4v) is 3.29. The van der Waals surface area contributed by atoms with Crippen LogP contribution in [-0.2, 0) is 15.9 Å². The molecule has 128 valence electrons. The van der Waals surface area contributed by atoms with Crippen LogP contribution in [0.4, 0.5) is 5.69 Å². The first kappa shape index (κ1) is 18.5. The molecule has 5 nitrogen and oxygen atoms in total. The van der Waals surface area contributed by atoms with Crippen LogP contribution in [0.2, 0.25) is 0 Å². The van der Waals surface area contributed by atoms with Gasteiger partial charge in [0.25, 0.3) is 0 Å². The second-order valence-corrected chi connectivity index (χ2v) is 5.93. The highest BCUT2D eigenvalue weighted by molar-refractivity contribution is 14.0. The highest BCUT2D eigenvalue weighted by Crippen LogP contribution is 2.28. The van der Waals surface area contributed by atoms with Crippen molar-refractivity contribution in [3.63, 3.8) is 0 Å². The molecular weight excluding hydrogens is 405 g/mol. The molecule has 0 radical (unpaired) electrons. The maximum atomic E-state index is 5.79. The minimum atomic E-state index is -0.145. The van der Waals surface area contributed by atoms with E-state index in [4.69, 9.17) is 9.47 Å². The Morgan fingerprint density at radius 2 is 2.09 bits per heavy atom. The number of hydrogen-bond donors (Lipinski definition) is 1. The lowest BCUT2D eigenvalue weighted by atomic mass is 9.94. The molecule has 2 heterocycles. The average Bonchev–Trinajstić information content (AvgIpc) is 3.01. The Kier molecular flexibility index (Phi) is 6.67. The zero-order valence-electron chi connectivity index (χ0n) is 13.9.